The zero-order chi connectivity index (χ0) is 13.4. The van der Waals surface area contributed by atoms with Gasteiger partial charge in [-0.25, -0.2) is 9.18 Å². The summed E-state index contributed by atoms with van der Waals surface area (Å²) in [6, 6.07) is 4.29. The van der Waals surface area contributed by atoms with E-state index in [0.717, 1.165) is 0 Å². The third-order valence-corrected chi connectivity index (χ3v) is 2.06. The first kappa shape index (κ1) is 14.0. The van der Waals surface area contributed by atoms with E-state index >= 15 is 0 Å². The fraction of sp³-hybridized carbons (Fsp3) is 0.308. The zero-order valence-electron chi connectivity index (χ0n) is 10.00. The van der Waals surface area contributed by atoms with Crippen LogP contribution in [0, 0.1) is 17.7 Å². The summed E-state index contributed by atoms with van der Waals surface area (Å²) in [5.74, 6) is 4.70. The molecule has 1 aromatic rings. The summed E-state index contributed by atoms with van der Waals surface area (Å²) in [4.78, 5) is 11.1. The van der Waals surface area contributed by atoms with Crippen molar-refractivity contribution < 1.29 is 19.0 Å². The fourth-order valence-electron chi connectivity index (χ4n) is 1.28. The number of hydrogen-bond donors (Lipinski definition) is 2. The molecular formula is C13H14FNO3. The Hall–Kier alpha value is -2.06. The quantitative estimate of drug-likeness (QED) is 0.799. The first-order valence-electron chi connectivity index (χ1n) is 5.46. The van der Waals surface area contributed by atoms with Crippen LogP contribution in [0.4, 0.5) is 9.18 Å². The van der Waals surface area contributed by atoms with Gasteiger partial charge in [0.05, 0.1) is 6.61 Å². The molecule has 0 spiro atoms. The summed E-state index contributed by atoms with van der Waals surface area (Å²) in [6.07, 6.45) is -0.594. The highest BCUT2D eigenvalue weighted by atomic mass is 19.1. The van der Waals surface area contributed by atoms with Crippen molar-refractivity contribution in [3.05, 3.63) is 35.1 Å². The molecule has 1 rings (SSSR count). The first-order valence-corrected chi connectivity index (χ1v) is 5.46. The molecule has 0 saturated heterocycles. The maximum Gasteiger partial charge on any atom is 0.407 e. The number of amides is 1. The van der Waals surface area contributed by atoms with Gasteiger partial charge < -0.3 is 15.2 Å². The van der Waals surface area contributed by atoms with E-state index < -0.39 is 11.9 Å². The summed E-state index contributed by atoms with van der Waals surface area (Å²) >= 11 is 0. The number of halogens is 1. The van der Waals surface area contributed by atoms with Crippen molar-refractivity contribution in [2.24, 2.45) is 0 Å². The predicted molar refractivity (Wildman–Crippen MR) is 64.2 cm³/mol. The lowest BCUT2D eigenvalue weighted by molar-refractivity contribution is 0.151. The Balaban J connectivity index is 2.72. The van der Waals surface area contributed by atoms with Crippen LogP contribution >= 0.6 is 0 Å². The Bertz CT molecular complexity index is 477. The summed E-state index contributed by atoms with van der Waals surface area (Å²) in [7, 11) is 0. The van der Waals surface area contributed by atoms with Gasteiger partial charge in [0.15, 0.2) is 0 Å². The number of carbonyl (C=O) groups is 1. The minimum absolute atomic E-state index is 0.0271. The molecule has 0 atom stereocenters. The largest absolute Gasteiger partial charge is 0.450 e. The highest BCUT2D eigenvalue weighted by Gasteiger charge is 2.05. The number of aliphatic hydroxyl groups excluding tert-OH is 1. The minimum Gasteiger partial charge on any atom is -0.450 e. The average Bonchev–Trinajstić information content (AvgIpc) is 2.36. The zero-order valence-corrected chi connectivity index (χ0v) is 10.00. The van der Waals surface area contributed by atoms with Crippen LogP contribution in [-0.2, 0) is 11.3 Å². The van der Waals surface area contributed by atoms with Crippen molar-refractivity contribution in [1.29, 1.82) is 0 Å². The van der Waals surface area contributed by atoms with Gasteiger partial charge in [0.25, 0.3) is 0 Å². The van der Waals surface area contributed by atoms with Crippen LogP contribution in [0.5, 0.6) is 0 Å². The third-order valence-electron chi connectivity index (χ3n) is 2.06. The molecular weight excluding hydrogens is 237 g/mol. The third kappa shape index (κ3) is 4.44. The van der Waals surface area contributed by atoms with Crippen LogP contribution in [0.25, 0.3) is 0 Å². The molecule has 0 bridgehead atoms. The van der Waals surface area contributed by atoms with Gasteiger partial charge in [-0.05, 0) is 25.1 Å². The number of nitrogens with one attached hydrogen (secondary N) is 1. The van der Waals surface area contributed by atoms with Crippen LogP contribution in [0.2, 0.25) is 0 Å². The second-order valence-corrected chi connectivity index (χ2v) is 3.34. The Morgan fingerprint density at radius 3 is 3.00 bits per heavy atom. The molecule has 96 valence electrons. The van der Waals surface area contributed by atoms with Gasteiger partial charge in [-0.2, -0.15) is 0 Å². The SMILES string of the molecule is CCOC(=O)NCc1cc(C#CCO)ccc1F. The fourth-order valence-corrected chi connectivity index (χ4v) is 1.28. The highest BCUT2D eigenvalue weighted by molar-refractivity contribution is 5.67. The van der Waals surface area contributed by atoms with Crippen molar-refractivity contribution in [2.45, 2.75) is 13.5 Å². The number of ether oxygens (including phenoxy) is 1. The molecule has 0 aliphatic heterocycles. The van der Waals surface area contributed by atoms with E-state index in [2.05, 4.69) is 21.9 Å². The van der Waals surface area contributed by atoms with E-state index in [1.807, 2.05) is 0 Å². The van der Waals surface area contributed by atoms with Crippen LogP contribution < -0.4 is 5.32 Å². The number of hydrogen-bond acceptors (Lipinski definition) is 3. The predicted octanol–water partition coefficient (Wildman–Crippen LogP) is 1.42. The van der Waals surface area contributed by atoms with Crippen molar-refractivity contribution in [3.8, 4) is 11.8 Å². The Kier molecular flexibility index (Phi) is 5.68. The molecule has 5 heteroatoms. The summed E-state index contributed by atoms with van der Waals surface area (Å²) in [5.41, 5.74) is 0.888. The average molecular weight is 251 g/mol. The first-order chi connectivity index (χ1) is 8.67. The number of aliphatic hydroxyl groups is 1. The van der Waals surface area contributed by atoms with Crippen molar-refractivity contribution in [2.75, 3.05) is 13.2 Å². The van der Waals surface area contributed by atoms with E-state index in [4.69, 9.17) is 5.11 Å². The number of rotatable bonds is 3. The second kappa shape index (κ2) is 7.30. The molecule has 4 nitrogen and oxygen atoms in total. The van der Waals surface area contributed by atoms with Crippen LogP contribution in [-0.4, -0.2) is 24.4 Å². The lowest BCUT2D eigenvalue weighted by Crippen LogP contribution is -2.24. The summed E-state index contributed by atoms with van der Waals surface area (Å²) in [5, 5.41) is 11.0. The van der Waals surface area contributed by atoms with E-state index in [1.165, 1.54) is 18.2 Å². The molecule has 0 unspecified atom stereocenters. The molecule has 0 heterocycles. The lowest BCUT2D eigenvalue weighted by Gasteiger charge is -2.06. The molecule has 1 amide bonds. The summed E-state index contributed by atoms with van der Waals surface area (Å²) in [6.45, 7) is 1.72. The van der Waals surface area contributed by atoms with Gasteiger partial charge in [0.2, 0.25) is 0 Å². The minimum atomic E-state index is -0.594. The number of alkyl carbamates (subject to hydrolysis) is 1. The van der Waals surface area contributed by atoms with E-state index in [1.54, 1.807) is 6.92 Å². The molecule has 0 fully saturated rings. The van der Waals surface area contributed by atoms with Crippen LogP contribution in [0.15, 0.2) is 18.2 Å². The van der Waals surface area contributed by atoms with Crippen LogP contribution in [0.1, 0.15) is 18.1 Å². The normalized spacial score (nSPS) is 9.28. The molecule has 18 heavy (non-hydrogen) atoms. The van der Waals surface area contributed by atoms with Gasteiger partial charge in [-0.3, -0.25) is 0 Å². The molecule has 0 aliphatic carbocycles. The molecule has 0 radical (unpaired) electrons. The maximum atomic E-state index is 13.4. The highest BCUT2D eigenvalue weighted by Crippen LogP contribution is 2.09. The van der Waals surface area contributed by atoms with Crippen molar-refractivity contribution >= 4 is 6.09 Å². The standard InChI is InChI=1S/C13H14FNO3/c1-2-18-13(17)15-9-11-8-10(4-3-7-16)5-6-12(11)14/h5-6,8,16H,2,7,9H2,1H3,(H,15,17). The van der Waals surface area contributed by atoms with E-state index in [9.17, 15) is 9.18 Å². The Morgan fingerprint density at radius 1 is 1.56 bits per heavy atom. The molecule has 0 saturated carbocycles. The smallest absolute Gasteiger partial charge is 0.407 e. The second-order valence-electron chi connectivity index (χ2n) is 3.34. The Labute approximate surface area is 105 Å². The van der Waals surface area contributed by atoms with Gasteiger partial charge in [-0.1, -0.05) is 11.8 Å². The van der Waals surface area contributed by atoms with Gasteiger partial charge in [0, 0.05) is 17.7 Å². The molecule has 0 aromatic heterocycles. The van der Waals surface area contributed by atoms with E-state index in [0.29, 0.717) is 11.1 Å². The molecule has 0 aliphatic rings. The van der Waals surface area contributed by atoms with Crippen molar-refractivity contribution in [1.82, 2.24) is 5.32 Å². The van der Waals surface area contributed by atoms with Crippen LogP contribution in [0.3, 0.4) is 0 Å². The Morgan fingerprint density at radius 2 is 2.33 bits per heavy atom. The van der Waals surface area contributed by atoms with Gasteiger partial charge in [0.1, 0.15) is 12.4 Å². The summed E-state index contributed by atoms with van der Waals surface area (Å²) < 4.78 is 18.1. The van der Waals surface area contributed by atoms with Gasteiger partial charge >= 0.3 is 6.09 Å². The van der Waals surface area contributed by atoms with E-state index in [-0.39, 0.29) is 19.8 Å². The monoisotopic (exact) mass is 251 g/mol. The lowest BCUT2D eigenvalue weighted by atomic mass is 10.1. The number of carbonyl (C=O) groups excluding carboxylic acids is 1. The molecule has 2 N–H and O–H groups in total. The number of benzene rings is 1. The molecule has 1 aromatic carbocycles. The topological polar surface area (TPSA) is 58.6 Å². The van der Waals surface area contributed by atoms with Crippen molar-refractivity contribution in [3.63, 3.8) is 0 Å². The maximum absolute atomic E-state index is 13.4. The van der Waals surface area contributed by atoms with Gasteiger partial charge in [-0.15, -0.1) is 0 Å².